The predicted molar refractivity (Wildman–Crippen MR) is 114 cm³/mol. The Bertz CT molecular complexity index is 966. The smallest absolute Gasteiger partial charge is 0.259 e. The second-order valence-electron chi connectivity index (χ2n) is 6.91. The van der Waals surface area contributed by atoms with Gasteiger partial charge in [-0.2, -0.15) is 0 Å². The van der Waals surface area contributed by atoms with Crippen LogP contribution in [0.5, 0.6) is 5.75 Å². The fourth-order valence-electron chi connectivity index (χ4n) is 3.04. The van der Waals surface area contributed by atoms with Crippen molar-refractivity contribution in [2.45, 2.75) is 26.7 Å². The number of hydrogen-bond acceptors (Lipinski definition) is 4. The number of pyridine rings is 1. The number of ether oxygens (including phenoxy) is 1. The Morgan fingerprint density at radius 1 is 1.04 bits per heavy atom. The van der Waals surface area contributed by atoms with Crippen molar-refractivity contribution in [2.75, 3.05) is 17.7 Å². The zero-order chi connectivity index (χ0) is 20.1. The maximum absolute atomic E-state index is 12.5. The van der Waals surface area contributed by atoms with Crippen molar-refractivity contribution < 1.29 is 9.53 Å². The van der Waals surface area contributed by atoms with Crippen molar-refractivity contribution in [3.8, 4) is 5.75 Å². The molecule has 0 aliphatic carbocycles. The summed E-state index contributed by atoms with van der Waals surface area (Å²) >= 11 is 0. The van der Waals surface area contributed by atoms with Crippen molar-refractivity contribution in [1.82, 2.24) is 4.98 Å². The molecule has 3 aromatic rings. The molecule has 5 heteroatoms. The van der Waals surface area contributed by atoms with E-state index in [-0.39, 0.29) is 5.91 Å². The number of nitrogens with one attached hydrogen (secondary N) is 2. The van der Waals surface area contributed by atoms with E-state index in [0.29, 0.717) is 22.9 Å². The van der Waals surface area contributed by atoms with Gasteiger partial charge in [0.25, 0.3) is 5.91 Å². The molecular formula is C23H25N3O2. The molecule has 0 spiro atoms. The maximum Gasteiger partial charge on any atom is 0.259 e. The number of hydrogen-bond donors (Lipinski definition) is 2. The van der Waals surface area contributed by atoms with E-state index in [1.807, 2.05) is 18.2 Å². The van der Waals surface area contributed by atoms with Gasteiger partial charge in [0.2, 0.25) is 0 Å². The number of aryl methyl sites for hydroxylation is 1. The standard InChI is InChI=1S/C23H25N3O2/c1-15(2)18-10-7-8-16(3)22(18)26-21-13-12-17(14-24-21)25-23(27)19-9-5-6-11-20(19)28-4/h5-15H,1-4H3,(H,24,26)(H,25,27). The highest BCUT2D eigenvalue weighted by molar-refractivity contribution is 6.06. The number of carbonyl (C=O) groups is 1. The third kappa shape index (κ3) is 4.31. The van der Waals surface area contributed by atoms with Gasteiger partial charge in [-0.05, 0) is 48.2 Å². The van der Waals surface area contributed by atoms with E-state index in [4.69, 9.17) is 4.74 Å². The summed E-state index contributed by atoms with van der Waals surface area (Å²) in [5.41, 5.74) is 4.59. The minimum absolute atomic E-state index is 0.235. The molecule has 0 saturated heterocycles. The van der Waals surface area contributed by atoms with Gasteiger partial charge >= 0.3 is 0 Å². The summed E-state index contributed by atoms with van der Waals surface area (Å²) in [6.45, 7) is 6.42. The monoisotopic (exact) mass is 375 g/mol. The molecule has 0 bridgehead atoms. The SMILES string of the molecule is COc1ccccc1C(=O)Nc1ccc(Nc2c(C)cccc2C(C)C)nc1. The van der Waals surface area contributed by atoms with Gasteiger partial charge in [-0.15, -0.1) is 0 Å². The summed E-state index contributed by atoms with van der Waals surface area (Å²) < 4.78 is 5.24. The molecule has 0 aliphatic heterocycles. The number of methoxy groups -OCH3 is 1. The number of amides is 1. The summed E-state index contributed by atoms with van der Waals surface area (Å²) in [6.07, 6.45) is 1.64. The highest BCUT2D eigenvalue weighted by Gasteiger charge is 2.13. The Morgan fingerprint density at radius 3 is 2.50 bits per heavy atom. The van der Waals surface area contributed by atoms with E-state index in [1.165, 1.54) is 11.1 Å². The minimum atomic E-state index is -0.235. The van der Waals surface area contributed by atoms with Gasteiger partial charge < -0.3 is 15.4 Å². The molecule has 0 fully saturated rings. The van der Waals surface area contributed by atoms with Crippen LogP contribution in [0.3, 0.4) is 0 Å². The van der Waals surface area contributed by atoms with Crippen LogP contribution in [0.25, 0.3) is 0 Å². The highest BCUT2D eigenvalue weighted by atomic mass is 16.5. The Labute approximate surface area is 165 Å². The van der Waals surface area contributed by atoms with Gasteiger partial charge in [-0.1, -0.05) is 44.2 Å². The van der Waals surface area contributed by atoms with Crippen molar-refractivity contribution >= 4 is 23.1 Å². The van der Waals surface area contributed by atoms with Crippen molar-refractivity contribution in [2.24, 2.45) is 0 Å². The molecule has 5 nitrogen and oxygen atoms in total. The predicted octanol–water partition coefficient (Wildman–Crippen LogP) is 5.52. The molecule has 3 rings (SSSR count). The Kier molecular flexibility index (Phi) is 5.94. The van der Waals surface area contributed by atoms with Gasteiger partial charge in [-0.3, -0.25) is 4.79 Å². The first kappa shape index (κ1) is 19.4. The van der Waals surface area contributed by atoms with Crippen molar-refractivity contribution in [3.05, 3.63) is 77.5 Å². The topological polar surface area (TPSA) is 63.2 Å². The van der Waals surface area contributed by atoms with Gasteiger partial charge in [0.1, 0.15) is 11.6 Å². The molecule has 144 valence electrons. The van der Waals surface area contributed by atoms with E-state index in [0.717, 1.165) is 11.5 Å². The number of benzene rings is 2. The third-order valence-corrected chi connectivity index (χ3v) is 4.55. The van der Waals surface area contributed by atoms with Gasteiger partial charge in [0.15, 0.2) is 0 Å². The lowest BCUT2D eigenvalue weighted by Gasteiger charge is -2.17. The number of aromatic nitrogens is 1. The average Bonchev–Trinajstić information content (AvgIpc) is 2.70. The van der Waals surface area contributed by atoms with Crippen LogP contribution in [-0.2, 0) is 0 Å². The molecule has 0 saturated carbocycles. The quantitative estimate of drug-likeness (QED) is 0.596. The van der Waals surface area contributed by atoms with Crippen molar-refractivity contribution in [3.63, 3.8) is 0 Å². The Balaban J connectivity index is 1.75. The third-order valence-electron chi connectivity index (χ3n) is 4.55. The fourth-order valence-corrected chi connectivity index (χ4v) is 3.04. The number of carbonyl (C=O) groups excluding carboxylic acids is 1. The zero-order valence-electron chi connectivity index (χ0n) is 16.6. The first-order chi connectivity index (χ1) is 13.5. The summed E-state index contributed by atoms with van der Waals surface area (Å²) in [5.74, 6) is 1.43. The van der Waals surface area contributed by atoms with Crippen LogP contribution in [0.15, 0.2) is 60.8 Å². The molecule has 2 N–H and O–H groups in total. The molecular weight excluding hydrogens is 350 g/mol. The van der Waals surface area contributed by atoms with Gasteiger partial charge in [-0.25, -0.2) is 4.98 Å². The first-order valence-electron chi connectivity index (χ1n) is 9.26. The van der Waals surface area contributed by atoms with Crippen LogP contribution < -0.4 is 15.4 Å². The van der Waals surface area contributed by atoms with Crippen LogP contribution in [0, 0.1) is 6.92 Å². The lowest BCUT2D eigenvalue weighted by molar-refractivity contribution is 0.102. The van der Waals surface area contributed by atoms with E-state index in [1.54, 1.807) is 31.5 Å². The van der Waals surface area contributed by atoms with Gasteiger partial charge in [0, 0.05) is 5.69 Å². The second-order valence-corrected chi connectivity index (χ2v) is 6.91. The zero-order valence-corrected chi connectivity index (χ0v) is 16.6. The number of para-hydroxylation sites is 2. The number of nitrogens with zero attached hydrogens (tertiary/aromatic N) is 1. The molecule has 2 aromatic carbocycles. The van der Waals surface area contributed by atoms with Crippen LogP contribution in [0.4, 0.5) is 17.2 Å². The molecule has 28 heavy (non-hydrogen) atoms. The molecule has 1 amide bonds. The fraction of sp³-hybridized carbons (Fsp3) is 0.217. The lowest BCUT2D eigenvalue weighted by atomic mass is 9.98. The number of anilines is 3. The van der Waals surface area contributed by atoms with Crippen LogP contribution in [0.2, 0.25) is 0 Å². The van der Waals surface area contributed by atoms with Crippen LogP contribution in [0.1, 0.15) is 41.3 Å². The van der Waals surface area contributed by atoms with Gasteiger partial charge in [0.05, 0.1) is 24.6 Å². The van der Waals surface area contributed by atoms with E-state index >= 15 is 0 Å². The Morgan fingerprint density at radius 2 is 1.82 bits per heavy atom. The van der Waals surface area contributed by atoms with Crippen LogP contribution >= 0.6 is 0 Å². The maximum atomic E-state index is 12.5. The second kappa shape index (κ2) is 8.57. The summed E-state index contributed by atoms with van der Waals surface area (Å²) in [7, 11) is 1.55. The van der Waals surface area contributed by atoms with Crippen molar-refractivity contribution in [1.29, 1.82) is 0 Å². The lowest BCUT2D eigenvalue weighted by Crippen LogP contribution is -2.13. The summed E-state index contributed by atoms with van der Waals surface area (Å²) in [5, 5.41) is 6.26. The van der Waals surface area contributed by atoms with E-state index < -0.39 is 0 Å². The van der Waals surface area contributed by atoms with E-state index in [2.05, 4.69) is 54.6 Å². The number of rotatable bonds is 6. The summed E-state index contributed by atoms with van der Waals surface area (Å²) in [6, 6.07) is 17.1. The van der Waals surface area contributed by atoms with E-state index in [9.17, 15) is 4.79 Å². The molecule has 1 heterocycles. The highest BCUT2D eigenvalue weighted by Crippen LogP contribution is 2.30. The normalized spacial score (nSPS) is 10.6. The van der Waals surface area contributed by atoms with Crippen LogP contribution in [-0.4, -0.2) is 18.0 Å². The summed E-state index contributed by atoms with van der Waals surface area (Å²) in [4.78, 5) is 16.9. The molecule has 0 unspecified atom stereocenters. The Hall–Kier alpha value is -3.34. The molecule has 1 aromatic heterocycles. The molecule has 0 aliphatic rings. The largest absolute Gasteiger partial charge is 0.496 e. The minimum Gasteiger partial charge on any atom is -0.496 e. The molecule has 0 radical (unpaired) electrons. The molecule has 0 atom stereocenters. The first-order valence-corrected chi connectivity index (χ1v) is 9.26. The average molecular weight is 375 g/mol.